The molecule has 8 heteroatoms. The maximum absolute atomic E-state index is 13.7. The zero-order chi connectivity index (χ0) is 15.5. The van der Waals surface area contributed by atoms with Gasteiger partial charge in [0.2, 0.25) is 5.09 Å². The molecule has 0 aliphatic carbocycles. The van der Waals surface area contributed by atoms with Crippen LogP contribution in [0.1, 0.15) is 12.7 Å². The summed E-state index contributed by atoms with van der Waals surface area (Å²) < 4.78 is 50.1. The Balaban J connectivity index is 2.22. The molecule has 1 aromatic heterocycles. The highest BCUT2D eigenvalue weighted by atomic mass is 32.2. The van der Waals surface area contributed by atoms with E-state index in [0.717, 1.165) is 6.07 Å². The highest BCUT2D eigenvalue weighted by Crippen LogP contribution is 2.24. The van der Waals surface area contributed by atoms with Gasteiger partial charge in [-0.05, 0) is 31.2 Å². The lowest BCUT2D eigenvalue weighted by Crippen LogP contribution is -2.12. The summed E-state index contributed by atoms with van der Waals surface area (Å²) in [5.41, 5.74) is 5.42. The summed E-state index contributed by atoms with van der Waals surface area (Å²) in [4.78, 5) is 0. The van der Waals surface area contributed by atoms with E-state index in [1.165, 1.54) is 24.3 Å². The predicted molar refractivity (Wildman–Crippen MR) is 75.0 cm³/mol. The molecule has 0 fully saturated rings. The van der Waals surface area contributed by atoms with E-state index in [0.29, 0.717) is 12.4 Å². The molecule has 0 amide bonds. The lowest BCUT2D eigenvalue weighted by Gasteiger charge is -2.08. The van der Waals surface area contributed by atoms with Gasteiger partial charge in [0.1, 0.15) is 5.76 Å². The van der Waals surface area contributed by atoms with Gasteiger partial charge in [0.05, 0.1) is 18.8 Å². The quantitative estimate of drug-likeness (QED) is 0.851. The first-order valence-corrected chi connectivity index (χ1v) is 7.68. The van der Waals surface area contributed by atoms with Crippen LogP contribution in [0.5, 0.6) is 5.75 Å². The largest absolute Gasteiger partial charge is 0.491 e. The van der Waals surface area contributed by atoms with E-state index in [1.54, 1.807) is 6.92 Å². The van der Waals surface area contributed by atoms with Gasteiger partial charge in [-0.1, -0.05) is 0 Å². The van der Waals surface area contributed by atoms with Gasteiger partial charge in [0.25, 0.3) is 10.0 Å². The van der Waals surface area contributed by atoms with Crippen LogP contribution in [0.2, 0.25) is 0 Å². The summed E-state index contributed by atoms with van der Waals surface area (Å²) in [6.07, 6.45) is 0. The fraction of sp³-hybridized carbons (Fsp3) is 0.231. The highest BCUT2D eigenvalue weighted by molar-refractivity contribution is 7.92. The van der Waals surface area contributed by atoms with Gasteiger partial charge < -0.3 is 14.9 Å². The Morgan fingerprint density at radius 1 is 1.33 bits per heavy atom. The Labute approximate surface area is 121 Å². The Hall–Kier alpha value is -2.06. The Morgan fingerprint density at radius 2 is 2.10 bits per heavy atom. The topological polar surface area (TPSA) is 94.6 Å². The van der Waals surface area contributed by atoms with E-state index < -0.39 is 15.8 Å². The zero-order valence-electron chi connectivity index (χ0n) is 11.3. The van der Waals surface area contributed by atoms with Crippen molar-refractivity contribution in [3.05, 3.63) is 41.9 Å². The lowest BCUT2D eigenvalue weighted by atomic mass is 10.3. The van der Waals surface area contributed by atoms with Crippen molar-refractivity contribution in [2.45, 2.75) is 18.6 Å². The molecule has 0 aliphatic rings. The van der Waals surface area contributed by atoms with Crippen LogP contribution in [-0.2, 0) is 16.6 Å². The van der Waals surface area contributed by atoms with Crippen LogP contribution >= 0.6 is 0 Å². The maximum Gasteiger partial charge on any atom is 0.295 e. The fourth-order valence-corrected chi connectivity index (χ4v) is 2.66. The standard InChI is InChI=1S/C13H15FN2O4S/c1-2-19-12-5-3-9(7-11(12)14)16-21(17,18)13-6-4-10(8-15)20-13/h3-7,16H,2,8,15H2,1H3. The van der Waals surface area contributed by atoms with Gasteiger partial charge in [-0.15, -0.1) is 0 Å². The van der Waals surface area contributed by atoms with Gasteiger partial charge in [-0.2, -0.15) is 8.42 Å². The van der Waals surface area contributed by atoms with Crippen molar-refractivity contribution in [3.8, 4) is 5.75 Å². The zero-order valence-corrected chi connectivity index (χ0v) is 12.1. The number of nitrogens with one attached hydrogen (secondary N) is 1. The first-order chi connectivity index (χ1) is 9.96. The molecule has 0 aliphatic heterocycles. The van der Waals surface area contributed by atoms with Gasteiger partial charge in [0, 0.05) is 6.07 Å². The molecule has 114 valence electrons. The van der Waals surface area contributed by atoms with Gasteiger partial charge in [0.15, 0.2) is 11.6 Å². The second-order valence-electron chi connectivity index (χ2n) is 4.11. The van der Waals surface area contributed by atoms with E-state index >= 15 is 0 Å². The smallest absolute Gasteiger partial charge is 0.295 e. The number of hydrogen-bond acceptors (Lipinski definition) is 5. The third-order valence-corrected chi connectivity index (χ3v) is 3.84. The number of halogens is 1. The van der Waals surface area contributed by atoms with Gasteiger partial charge in [-0.3, -0.25) is 4.72 Å². The monoisotopic (exact) mass is 314 g/mol. The van der Waals surface area contributed by atoms with E-state index in [-0.39, 0.29) is 23.1 Å². The SMILES string of the molecule is CCOc1ccc(NS(=O)(=O)c2ccc(CN)o2)cc1F. The Bertz CT molecular complexity index is 728. The Morgan fingerprint density at radius 3 is 2.67 bits per heavy atom. The number of sulfonamides is 1. The summed E-state index contributed by atoms with van der Waals surface area (Å²) >= 11 is 0. The number of rotatable bonds is 6. The molecular weight excluding hydrogens is 299 g/mol. The van der Waals surface area contributed by atoms with E-state index in [1.807, 2.05) is 0 Å². The third kappa shape index (κ3) is 3.53. The van der Waals surface area contributed by atoms with Crippen LogP contribution in [0.3, 0.4) is 0 Å². The molecule has 0 unspecified atom stereocenters. The molecule has 6 nitrogen and oxygen atoms in total. The van der Waals surface area contributed by atoms with Crippen LogP contribution in [0.25, 0.3) is 0 Å². The second-order valence-corrected chi connectivity index (χ2v) is 5.72. The van der Waals surface area contributed by atoms with Crippen molar-refractivity contribution < 1.29 is 22.0 Å². The summed E-state index contributed by atoms with van der Waals surface area (Å²) in [5, 5.41) is -0.280. The van der Waals surface area contributed by atoms with Gasteiger partial charge in [-0.25, -0.2) is 4.39 Å². The summed E-state index contributed by atoms with van der Waals surface area (Å²) in [6.45, 7) is 2.13. The van der Waals surface area contributed by atoms with Crippen molar-refractivity contribution in [2.75, 3.05) is 11.3 Å². The minimum atomic E-state index is -3.92. The number of furan rings is 1. The summed E-state index contributed by atoms with van der Waals surface area (Å²) in [5.74, 6) is -0.253. The van der Waals surface area contributed by atoms with Crippen LogP contribution in [0.4, 0.5) is 10.1 Å². The Kier molecular flexibility index (Phi) is 4.49. The highest BCUT2D eigenvalue weighted by Gasteiger charge is 2.19. The average molecular weight is 314 g/mol. The van der Waals surface area contributed by atoms with Gasteiger partial charge >= 0.3 is 0 Å². The number of nitrogens with two attached hydrogens (primary N) is 1. The van der Waals surface area contributed by atoms with Crippen molar-refractivity contribution in [3.63, 3.8) is 0 Å². The number of anilines is 1. The molecule has 0 spiro atoms. The minimum Gasteiger partial charge on any atom is -0.491 e. The minimum absolute atomic E-state index is 0.0591. The lowest BCUT2D eigenvalue weighted by molar-refractivity contribution is 0.321. The first kappa shape index (κ1) is 15.3. The van der Waals surface area contributed by atoms with E-state index in [2.05, 4.69) is 4.72 Å². The third-order valence-electron chi connectivity index (χ3n) is 2.59. The van der Waals surface area contributed by atoms with Crippen molar-refractivity contribution >= 4 is 15.7 Å². The fourth-order valence-electron chi connectivity index (χ4n) is 1.65. The van der Waals surface area contributed by atoms with Crippen molar-refractivity contribution in [1.82, 2.24) is 0 Å². The first-order valence-electron chi connectivity index (χ1n) is 6.20. The molecule has 1 aromatic carbocycles. The number of ether oxygens (including phenoxy) is 1. The molecule has 0 bridgehead atoms. The van der Waals surface area contributed by atoms with Crippen LogP contribution in [0, 0.1) is 5.82 Å². The van der Waals surface area contributed by atoms with Crippen molar-refractivity contribution in [2.24, 2.45) is 5.73 Å². The predicted octanol–water partition coefficient (Wildman–Crippen LogP) is 2.08. The summed E-state index contributed by atoms with van der Waals surface area (Å²) in [7, 11) is -3.92. The van der Waals surface area contributed by atoms with E-state index in [4.69, 9.17) is 14.9 Å². The molecule has 21 heavy (non-hydrogen) atoms. The normalized spacial score (nSPS) is 11.4. The average Bonchev–Trinajstić information content (AvgIpc) is 2.91. The number of benzene rings is 1. The molecule has 2 aromatic rings. The van der Waals surface area contributed by atoms with Crippen LogP contribution in [-0.4, -0.2) is 15.0 Å². The van der Waals surface area contributed by atoms with Crippen LogP contribution < -0.4 is 15.2 Å². The maximum atomic E-state index is 13.7. The van der Waals surface area contributed by atoms with Crippen LogP contribution in [0.15, 0.2) is 39.8 Å². The molecule has 1 heterocycles. The second kappa shape index (κ2) is 6.15. The molecule has 0 saturated heterocycles. The molecule has 2 rings (SSSR count). The van der Waals surface area contributed by atoms with Crippen molar-refractivity contribution in [1.29, 1.82) is 0 Å². The molecule has 0 radical (unpaired) electrons. The number of hydrogen-bond donors (Lipinski definition) is 2. The molecule has 3 N–H and O–H groups in total. The summed E-state index contributed by atoms with van der Waals surface area (Å²) in [6, 6.07) is 6.54. The molecule has 0 saturated carbocycles. The van der Waals surface area contributed by atoms with E-state index in [9.17, 15) is 12.8 Å². The molecule has 0 atom stereocenters. The molecular formula is C13H15FN2O4S.